The van der Waals surface area contributed by atoms with Gasteiger partial charge in [-0.1, -0.05) is 124 Å². The maximum Gasteiger partial charge on any atom is 0.136 e. The second-order valence-corrected chi connectivity index (χ2v) is 10.6. The van der Waals surface area contributed by atoms with E-state index >= 15 is 0 Å². The van der Waals surface area contributed by atoms with Gasteiger partial charge in [0.25, 0.3) is 0 Å². The average molecular weight is 468 g/mol. The van der Waals surface area contributed by atoms with E-state index in [1.54, 1.807) is 0 Å². The first-order valence-corrected chi connectivity index (χ1v) is 14.5. The molecule has 0 saturated heterocycles. The van der Waals surface area contributed by atoms with E-state index in [0.717, 1.165) is 12.8 Å². The molecule has 198 valence electrons. The van der Waals surface area contributed by atoms with Gasteiger partial charge in [0.1, 0.15) is 11.6 Å². The first-order valence-electron chi connectivity index (χ1n) is 14.5. The van der Waals surface area contributed by atoms with Crippen molar-refractivity contribution in [2.45, 2.75) is 156 Å². The highest BCUT2D eigenvalue weighted by Gasteiger charge is 2.16. The van der Waals surface area contributed by atoms with Crippen molar-refractivity contribution >= 4 is 11.6 Å². The molecule has 0 aromatic heterocycles. The van der Waals surface area contributed by atoms with Gasteiger partial charge >= 0.3 is 0 Å². The van der Waals surface area contributed by atoms with Crippen molar-refractivity contribution < 1.29 is 9.59 Å². The lowest BCUT2D eigenvalue weighted by Crippen LogP contribution is -2.15. The molecule has 33 heavy (non-hydrogen) atoms. The first kappa shape index (κ1) is 34.5. The zero-order chi connectivity index (χ0) is 25.2. The number of hydrogen-bond donors (Lipinski definition) is 0. The highest BCUT2D eigenvalue weighted by atomic mass is 16.1. The predicted molar refractivity (Wildman–Crippen MR) is 147 cm³/mol. The van der Waals surface area contributed by atoms with Gasteiger partial charge in [0.15, 0.2) is 0 Å². The monoisotopic (exact) mass is 467 g/mol. The zero-order valence-electron chi connectivity index (χ0n) is 23.7. The molecule has 0 aromatic carbocycles. The maximum absolute atomic E-state index is 12.3. The molecule has 0 spiro atoms. The van der Waals surface area contributed by atoms with E-state index in [9.17, 15) is 9.59 Å². The van der Waals surface area contributed by atoms with E-state index in [1.165, 1.54) is 103 Å². The second kappa shape index (κ2) is 27.5. The Labute approximate surface area is 208 Å². The van der Waals surface area contributed by atoms with Crippen molar-refractivity contribution in [3.63, 3.8) is 0 Å². The molecule has 0 aliphatic carbocycles. The van der Waals surface area contributed by atoms with Crippen LogP contribution in [0.1, 0.15) is 156 Å². The van der Waals surface area contributed by atoms with Crippen molar-refractivity contribution in [3.8, 4) is 0 Å². The summed E-state index contributed by atoms with van der Waals surface area (Å²) >= 11 is 0. The Bertz CT molecular complexity index is 417. The van der Waals surface area contributed by atoms with E-state index in [1.807, 2.05) is 33.0 Å². The minimum atomic E-state index is -0.0740. The Balaban J connectivity index is 0. The third kappa shape index (κ3) is 31.3. The van der Waals surface area contributed by atoms with Crippen molar-refractivity contribution in [3.05, 3.63) is 0 Å². The molecule has 3 heteroatoms. The lowest BCUT2D eigenvalue weighted by Gasteiger charge is -2.10. The fourth-order valence-corrected chi connectivity index (χ4v) is 4.05. The molecule has 0 aliphatic heterocycles. The van der Waals surface area contributed by atoms with Crippen LogP contribution < -0.4 is 0 Å². The van der Waals surface area contributed by atoms with Gasteiger partial charge in [-0.15, -0.1) is 0 Å². The largest absolute Gasteiger partial charge is 0.312 e. The smallest absolute Gasteiger partial charge is 0.136 e. The molecule has 1 atom stereocenters. The van der Waals surface area contributed by atoms with Crippen LogP contribution in [-0.2, 0) is 9.59 Å². The summed E-state index contributed by atoms with van der Waals surface area (Å²) in [5.41, 5.74) is 0. The normalized spacial score (nSPS) is 11.8. The minimum Gasteiger partial charge on any atom is -0.312 e. The zero-order valence-corrected chi connectivity index (χ0v) is 23.7. The molecule has 0 aliphatic rings. The van der Waals surface area contributed by atoms with Crippen LogP contribution in [0.2, 0.25) is 0 Å². The van der Waals surface area contributed by atoms with Crippen molar-refractivity contribution in [2.75, 3.05) is 21.1 Å². The number of Topliss-reactive ketones (excluding diaryl/α,β-unsaturated/α-hetero) is 2. The highest BCUT2D eigenvalue weighted by Crippen LogP contribution is 2.16. The summed E-state index contributed by atoms with van der Waals surface area (Å²) in [6.07, 6.45) is 24.8. The lowest BCUT2D eigenvalue weighted by molar-refractivity contribution is -0.127. The van der Waals surface area contributed by atoms with Crippen LogP contribution in [0.3, 0.4) is 0 Å². The van der Waals surface area contributed by atoms with Crippen molar-refractivity contribution in [2.24, 2.45) is 5.92 Å². The number of carbonyl (C=O) groups excluding carboxylic acids is 2. The SMILES string of the molecule is CCCCCCCCCCCC(=O)CC(C)C(=O)CCCCCCCCCCC.CN(C)C. The molecule has 0 amide bonds. The molecule has 0 bridgehead atoms. The number of nitrogens with zero attached hydrogens (tertiary/aromatic N) is 1. The number of hydrogen-bond acceptors (Lipinski definition) is 3. The van der Waals surface area contributed by atoms with Gasteiger partial charge in [0.2, 0.25) is 0 Å². The maximum atomic E-state index is 12.3. The van der Waals surface area contributed by atoms with Gasteiger partial charge in [-0.25, -0.2) is 0 Å². The molecule has 0 heterocycles. The molecule has 0 rings (SSSR count). The Hall–Kier alpha value is -0.700. The molecule has 0 aromatic rings. The lowest BCUT2D eigenvalue weighted by atomic mass is 9.93. The van der Waals surface area contributed by atoms with E-state index in [0.29, 0.717) is 30.8 Å². The Morgan fingerprint density at radius 3 is 1.21 bits per heavy atom. The number of rotatable bonds is 23. The van der Waals surface area contributed by atoms with Gasteiger partial charge in [-0.05, 0) is 34.0 Å². The van der Waals surface area contributed by atoms with Gasteiger partial charge < -0.3 is 4.90 Å². The third-order valence-electron chi connectivity index (χ3n) is 6.17. The average Bonchev–Trinajstić information content (AvgIpc) is 2.76. The summed E-state index contributed by atoms with van der Waals surface area (Å²) in [7, 11) is 6.00. The number of carbonyl (C=O) groups is 2. The molecule has 0 radical (unpaired) electrons. The van der Waals surface area contributed by atoms with Gasteiger partial charge in [-0.2, -0.15) is 0 Å². The summed E-state index contributed by atoms with van der Waals surface area (Å²) < 4.78 is 0. The Morgan fingerprint density at radius 2 is 0.848 bits per heavy atom. The number of ketones is 2. The van der Waals surface area contributed by atoms with E-state index in [2.05, 4.69) is 13.8 Å². The summed E-state index contributed by atoms with van der Waals surface area (Å²) in [5.74, 6) is 0.518. The van der Waals surface area contributed by atoms with Gasteiger partial charge in [0.05, 0.1) is 0 Å². The fourth-order valence-electron chi connectivity index (χ4n) is 4.05. The summed E-state index contributed by atoms with van der Waals surface area (Å²) in [6, 6.07) is 0. The predicted octanol–water partition coefficient (Wildman–Crippen LogP) is 9.17. The second-order valence-electron chi connectivity index (χ2n) is 10.6. The van der Waals surface area contributed by atoms with Crippen LogP contribution in [0, 0.1) is 5.92 Å². The van der Waals surface area contributed by atoms with Crippen LogP contribution in [0.5, 0.6) is 0 Å². The Kier molecular flexibility index (Phi) is 28.8. The molecule has 0 fully saturated rings. The Morgan fingerprint density at radius 1 is 0.545 bits per heavy atom. The van der Waals surface area contributed by atoms with Crippen molar-refractivity contribution in [1.29, 1.82) is 0 Å². The molecular weight excluding hydrogens is 406 g/mol. The van der Waals surface area contributed by atoms with Crippen LogP contribution in [0.25, 0.3) is 0 Å². The molecule has 1 unspecified atom stereocenters. The topological polar surface area (TPSA) is 37.4 Å². The fraction of sp³-hybridized carbons (Fsp3) is 0.933. The standard InChI is InChI=1S/C27H52O2.C3H9N/c1-4-6-8-10-12-14-16-18-20-22-26(28)24-25(3)27(29)23-21-19-17-15-13-11-9-7-5-2;1-4(2)3/h25H,4-24H2,1-3H3;1-3H3. The first-order chi connectivity index (χ1) is 15.8. The van der Waals surface area contributed by atoms with Crippen LogP contribution in [-0.4, -0.2) is 37.6 Å². The van der Waals surface area contributed by atoms with Gasteiger partial charge in [0, 0.05) is 25.2 Å². The molecular formula is C30H61NO2. The molecule has 0 N–H and O–H groups in total. The van der Waals surface area contributed by atoms with Crippen LogP contribution in [0.15, 0.2) is 0 Å². The van der Waals surface area contributed by atoms with E-state index in [4.69, 9.17) is 0 Å². The minimum absolute atomic E-state index is 0.0740. The molecule has 3 nitrogen and oxygen atoms in total. The summed E-state index contributed by atoms with van der Waals surface area (Å²) in [4.78, 5) is 26.4. The summed E-state index contributed by atoms with van der Waals surface area (Å²) in [5, 5.41) is 0. The van der Waals surface area contributed by atoms with E-state index < -0.39 is 0 Å². The quantitative estimate of drug-likeness (QED) is 0.141. The third-order valence-corrected chi connectivity index (χ3v) is 6.17. The van der Waals surface area contributed by atoms with Gasteiger partial charge in [-0.3, -0.25) is 9.59 Å². The van der Waals surface area contributed by atoms with E-state index in [-0.39, 0.29) is 5.92 Å². The highest BCUT2D eigenvalue weighted by molar-refractivity contribution is 5.87. The summed E-state index contributed by atoms with van der Waals surface area (Å²) in [6.45, 7) is 6.45. The van der Waals surface area contributed by atoms with Crippen LogP contribution >= 0.6 is 0 Å². The van der Waals surface area contributed by atoms with Crippen molar-refractivity contribution in [1.82, 2.24) is 4.90 Å². The van der Waals surface area contributed by atoms with Crippen LogP contribution in [0.4, 0.5) is 0 Å². The molecule has 0 saturated carbocycles. The number of unbranched alkanes of at least 4 members (excludes halogenated alkanes) is 16.